The van der Waals surface area contributed by atoms with Gasteiger partial charge in [-0.05, 0) is 30.0 Å². The van der Waals surface area contributed by atoms with E-state index >= 15 is 0 Å². The topological polar surface area (TPSA) is 32.3 Å². The molecular weight excluding hydrogens is 243 g/mol. The SMILES string of the molecule is CC1NC(c2ccc(F)cc2)N(CC(C)(C)C)C1=O. The van der Waals surface area contributed by atoms with Crippen molar-refractivity contribution in [2.45, 2.75) is 39.9 Å². The Kier molecular flexibility index (Phi) is 3.63. The van der Waals surface area contributed by atoms with Crippen LogP contribution in [0.2, 0.25) is 0 Å². The van der Waals surface area contributed by atoms with Crippen molar-refractivity contribution >= 4 is 5.91 Å². The van der Waals surface area contributed by atoms with Gasteiger partial charge in [0.25, 0.3) is 0 Å². The van der Waals surface area contributed by atoms with Crippen LogP contribution in [0.3, 0.4) is 0 Å². The number of rotatable bonds is 2. The smallest absolute Gasteiger partial charge is 0.241 e. The first-order valence-corrected chi connectivity index (χ1v) is 6.60. The van der Waals surface area contributed by atoms with E-state index in [1.54, 1.807) is 12.1 Å². The van der Waals surface area contributed by atoms with Gasteiger partial charge in [0.2, 0.25) is 5.91 Å². The van der Waals surface area contributed by atoms with Crippen LogP contribution >= 0.6 is 0 Å². The summed E-state index contributed by atoms with van der Waals surface area (Å²) in [6.07, 6.45) is -0.165. The summed E-state index contributed by atoms with van der Waals surface area (Å²) in [5, 5.41) is 3.27. The summed E-state index contributed by atoms with van der Waals surface area (Å²) in [4.78, 5) is 14.1. The van der Waals surface area contributed by atoms with E-state index in [9.17, 15) is 9.18 Å². The van der Waals surface area contributed by atoms with Gasteiger partial charge in [-0.2, -0.15) is 0 Å². The number of hydrogen-bond donors (Lipinski definition) is 1. The molecule has 0 aliphatic carbocycles. The molecule has 1 aromatic carbocycles. The van der Waals surface area contributed by atoms with Gasteiger partial charge in [0, 0.05) is 6.54 Å². The monoisotopic (exact) mass is 264 g/mol. The molecule has 2 atom stereocenters. The molecule has 1 fully saturated rings. The molecule has 1 N–H and O–H groups in total. The van der Waals surface area contributed by atoms with Gasteiger partial charge in [0.05, 0.1) is 6.04 Å². The minimum absolute atomic E-state index is 0.0275. The van der Waals surface area contributed by atoms with Crippen LogP contribution in [0.1, 0.15) is 39.4 Å². The molecule has 0 aromatic heterocycles. The van der Waals surface area contributed by atoms with Gasteiger partial charge < -0.3 is 4.90 Å². The molecule has 0 saturated carbocycles. The normalized spacial score (nSPS) is 24.1. The number of carbonyl (C=O) groups excluding carboxylic acids is 1. The molecular formula is C15H21FN2O. The van der Waals surface area contributed by atoms with Gasteiger partial charge in [-0.3, -0.25) is 10.1 Å². The lowest BCUT2D eigenvalue weighted by atomic mass is 9.95. The van der Waals surface area contributed by atoms with Crippen molar-refractivity contribution in [2.24, 2.45) is 5.41 Å². The highest BCUT2D eigenvalue weighted by Crippen LogP contribution is 2.29. The second-order valence-electron chi connectivity index (χ2n) is 6.37. The molecule has 0 bridgehead atoms. The molecule has 1 heterocycles. The van der Waals surface area contributed by atoms with Crippen molar-refractivity contribution in [1.29, 1.82) is 0 Å². The Morgan fingerprint density at radius 1 is 1.26 bits per heavy atom. The molecule has 3 nitrogen and oxygen atoms in total. The summed E-state index contributed by atoms with van der Waals surface area (Å²) in [6, 6.07) is 6.12. The second kappa shape index (κ2) is 4.93. The van der Waals surface area contributed by atoms with E-state index in [-0.39, 0.29) is 29.3 Å². The van der Waals surface area contributed by atoms with Crippen molar-refractivity contribution in [1.82, 2.24) is 10.2 Å². The summed E-state index contributed by atoms with van der Waals surface area (Å²) >= 11 is 0. The maximum Gasteiger partial charge on any atom is 0.241 e. The standard InChI is InChI=1S/C15H21FN2O/c1-10-14(19)18(9-15(2,3)4)13(17-10)11-5-7-12(16)8-6-11/h5-8,10,13,17H,9H2,1-4H3. The zero-order valence-electron chi connectivity index (χ0n) is 11.9. The van der Waals surface area contributed by atoms with Gasteiger partial charge in [-0.15, -0.1) is 0 Å². The molecule has 19 heavy (non-hydrogen) atoms. The van der Waals surface area contributed by atoms with Gasteiger partial charge in [0.1, 0.15) is 12.0 Å². The first kappa shape index (κ1) is 14.0. The first-order valence-electron chi connectivity index (χ1n) is 6.60. The lowest BCUT2D eigenvalue weighted by molar-refractivity contribution is -0.131. The van der Waals surface area contributed by atoms with Crippen LogP contribution in [0.25, 0.3) is 0 Å². The summed E-state index contributed by atoms with van der Waals surface area (Å²) in [5.74, 6) is -0.159. The number of halogens is 1. The molecule has 4 heteroatoms. The average molecular weight is 264 g/mol. The quantitative estimate of drug-likeness (QED) is 0.890. The lowest BCUT2D eigenvalue weighted by Crippen LogP contribution is -2.37. The summed E-state index contributed by atoms with van der Waals surface area (Å²) in [5.41, 5.74) is 0.947. The minimum Gasteiger partial charge on any atom is -0.321 e. The Morgan fingerprint density at radius 2 is 1.84 bits per heavy atom. The highest BCUT2D eigenvalue weighted by Gasteiger charge is 2.38. The fourth-order valence-electron chi connectivity index (χ4n) is 2.38. The number of benzene rings is 1. The predicted octanol–water partition coefficient (Wildman–Crippen LogP) is 2.69. The number of carbonyl (C=O) groups is 1. The molecule has 1 aliphatic heterocycles. The maximum absolute atomic E-state index is 13.0. The number of amides is 1. The highest BCUT2D eigenvalue weighted by molar-refractivity contribution is 5.84. The number of hydrogen-bond acceptors (Lipinski definition) is 2. The Balaban J connectivity index is 2.27. The third-order valence-corrected chi connectivity index (χ3v) is 3.20. The van der Waals surface area contributed by atoms with Crippen LogP contribution < -0.4 is 5.32 Å². The maximum atomic E-state index is 13.0. The first-order chi connectivity index (χ1) is 8.78. The molecule has 0 radical (unpaired) electrons. The van der Waals surface area contributed by atoms with E-state index in [0.29, 0.717) is 6.54 Å². The van der Waals surface area contributed by atoms with E-state index < -0.39 is 0 Å². The van der Waals surface area contributed by atoms with E-state index in [0.717, 1.165) is 5.56 Å². The third kappa shape index (κ3) is 3.13. The Labute approximate surface area is 113 Å². The number of nitrogens with zero attached hydrogens (tertiary/aromatic N) is 1. The van der Waals surface area contributed by atoms with Crippen LogP contribution in [-0.4, -0.2) is 23.4 Å². The van der Waals surface area contributed by atoms with Gasteiger partial charge in [-0.25, -0.2) is 4.39 Å². The van der Waals surface area contributed by atoms with Crippen molar-refractivity contribution in [3.63, 3.8) is 0 Å². The molecule has 1 aromatic rings. The molecule has 0 spiro atoms. The molecule has 1 saturated heterocycles. The summed E-state index contributed by atoms with van der Waals surface area (Å²) in [7, 11) is 0. The van der Waals surface area contributed by atoms with E-state index in [1.165, 1.54) is 12.1 Å². The zero-order valence-corrected chi connectivity index (χ0v) is 11.9. The molecule has 2 rings (SSSR count). The fourth-order valence-corrected chi connectivity index (χ4v) is 2.38. The molecule has 104 valence electrons. The number of nitrogens with one attached hydrogen (secondary N) is 1. The van der Waals surface area contributed by atoms with Gasteiger partial charge >= 0.3 is 0 Å². The summed E-state index contributed by atoms with van der Waals surface area (Å²) in [6.45, 7) is 8.84. The minimum atomic E-state index is -0.261. The van der Waals surface area contributed by atoms with E-state index in [2.05, 4.69) is 26.1 Å². The average Bonchev–Trinajstić information content (AvgIpc) is 2.57. The Morgan fingerprint density at radius 3 is 2.37 bits per heavy atom. The Bertz CT molecular complexity index is 464. The lowest BCUT2D eigenvalue weighted by Gasteiger charge is -2.31. The molecule has 2 unspecified atom stereocenters. The van der Waals surface area contributed by atoms with Crippen molar-refractivity contribution in [2.75, 3.05) is 6.54 Å². The second-order valence-corrected chi connectivity index (χ2v) is 6.37. The van der Waals surface area contributed by atoms with Crippen LogP contribution in [0.5, 0.6) is 0 Å². The van der Waals surface area contributed by atoms with Crippen molar-refractivity contribution in [3.05, 3.63) is 35.6 Å². The summed E-state index contributed by atoms with van der Waals surface area (Å²) < 4.78 is 13.0. The van der Waals surface area contributed by atoms with Crippen LogP contribution in [0.15, 0.2) is 24.3 Å². The highest BCUT2D eigenvalue weighted by atomic mass is 19.1. The van der Waals surface area contributed by atoms with Crippen LogP contribution in [0.4, 0.5) is 4.39 Å². The molecule has 1 amide bonds. The van der Waals surface area contributed by atoms with E-state index in [1.807, 2.05) is 11.8 Å². The zero-order chi connectivity index (χ0) is 14.2. The largest absolute Gasteiger partial charge is 0.321 e. The van der Waals surface area contributed by atoms with Crippen LogP contribution in [0, 0.1) is 11.2 Å². The van der Waals surface area contributed by atoms with Crippen molar-refractivity contribution in [3.8, 4) is 0 Å². The predicted molar refractivity (Wildman–Crippen MR) is 72.9 cm³/mol. The van der Waals surface area contributed by atoms with Crippen molar-refractivity contribution < 1.29 is 9.18 Å². The molecule has 1 aliphatic rings. The van der Waals surface area contributed by atoms with Crippen LogP contribution in [-0.2, 0) is 4.79 Å². The third-order valence-electron chi connectivity index (χ3n) is 3.20. The fraction of sp³-hybridized carbons (Fsp3) is 0.533. The van der Waals surface area contributed by atoms with Gasteiger partial charge in [-0.1, -0.05) is 32.9 Å². The van der Waals surface area contributed by atoms with E-state index in [4.69, 9.17) is 0 Å². The Hall–Kier alpha value is -1.42. The van der Waals surface area contributed by atoms with Gasteiger partial charge in [0.15, 0.2) is 0 Å².